The van der Waals surface area contributed by atoms with Gasteiger partial charge >= 0.3 is 5.97 Å². The van der Waals surface area contributed by atoms with Gasteiger partial charge in [-0.1, -0.05) is 57.2 Å². The van der Waals surface area contributed by atoms with E-state index in [4.69, 9.17) is 10.5 Å². The van der Waals surface area contributed by atoms with E-state index in [-0.39, 0.29) is 10.4 Å². The molecule has 0 saturated heterocycles. The second-order valence-electron chi connectivity index (χ2n) is 12.7. The number of hydrogen-bond acceptors (Lipinski definition) is 6. The predicted molar refractivity (Wildman–Crippen MR) is 179 cm³/mol. The normalized spacial score (nSPS) is 11.9. The van der Waals surface area contributed by atoms with Crippen molar-refractivity contribution in [3.8, 4) is 16.9 Å². The Labute approximate surface area is 267 Å². The molecule has 3 N–H and O–H groups in total. The SMILES string of the molecule is CC(C)(C)Sc1c(CC(C)(C)C(=O)O)n(Cc2ccc(-c3ccc(C(N)=O)nc3)cc2)c2ccc(OCc3ccccn3)cc12. The van der Waals surface area contributed by atoms with Crippen LogP contribution in [0.15, 0.2) is 90.1 Å². The first-order valence-electron chi connectivity index (χ1n) is 14.8. The highest BCUT2D eigenvalue weighted by Gasteiger charge is 2.33. The Balaban J connectivity index is 1.56. The average Bonchev–Trinajstić information content (AvgIpc) is 3.26. The summed E-state index contributed by atoms with van der Waals surface area (Å²) in [5, 5.41) is 11.1. The number of pyridine rings is 2. The van der Waals surface area contributed by atoms with Crippen molar-refractivity contribution in [1.82, 2.24) is 14.5 Å². The van der Waals surface area contributed by atoms with Crippen molar-refractivity contribution in [3.05, 3.63) is 108 Å². The molecule has 0 unspecified atom stereocenters. The van der Waals surface area contributed by atoms with Crippen molar-refractivity contribution in [2.45, 2.75) is 63.8 Å². The molecule has 0 fully saturated rings. The highest BCUT2D eigenvalue weighted by Crippen LogP contribution is 2.44. The fraction of sp³-hybridized carbons (Fsp3) is 0.278. The van der Waals surface area contributed by atoms with Gasteiger partial charge in [0.2, 0.25) is 0 Å². The number of aliphatic carboxylic acids is 1. The largest absolute Gasteiger partial charge is 0.487 e. The molecule has 2 aromatic carbocycles. The van der Waals surface area contributed by atoms with Gasteiger partial charge in [-0.05, 0) is 61.4 Å². The van der Waals surface area contributed by atoms with Crippen molar-refractivity contribution in [3.63, 3.8) is 0 Å². The molecule has 0 aliphatic rings. The van der Waals surface area contributed by atoms with E-state index < -0.39 is 17.3 Å². The Bertz CT molecular complexity index is 1820. The van der Waals surface area contributed by atoms with E-state index in [0.717, 1.165) is 49.6 Å². The number of benzene rings is 2. The molecule has 0 aliphatic heterocycles. The van der Waals surface area contributed by atoms with Gasteiger partial charge in [-0.2, -0.15) is 0 Å². The Hall–Kier alpha value is -4.63. The quantitative estimate of drug-likeness (QED) is 0.148. The minimum absolute atomic E-state index is 0.119. The number of nitrogens with zero attached hydrogens (tertiary/aromatic N) is 3. The second-order valence-corrected chi connectivity index (χ2v) is 14.6. The summed E-state index contributed by atoms with van der Waals surface area (Å²) in [6.45, 7) is 10.9. The van der Waals surface area contributed by atoms with Crippen LogP contribution in [0.3, 0.4) is 0 Å². The van der Waals surface area contributed by atoms with E-state index in [2.05, 4.69) is 59.6 Å². The molecule has 0 aliphatic carbocycles. The molecular formula is C36H38N4O4S. The number of ether oxygens (including phenoxy) is 1. The zero-order chi connectivity index (χ0) is 32.4. The molecule has 0 atom stereocenters. The zero-order valence-corrected chi connectivity index (χ0v) is 27.0. The summed E-state index contributed by atoms with van der Waals surface area (Å²) in [4.78, 5) is 33.3. The van der Waals surface area contributed by atoms with Gasteiger partial charge in [0, 0.05) is 57.2 Å². The summed E-state index contributed by atoms with van der Waals surface area (Å²) in [7, 11) is 0. The van der Waals surface area contributed by atoms with Crippen molar-refractivity contribution >= 4 is 34.5 Å². The molecule has 1 amide bonds. The molecule has 3 aromatic heterocycles. The molecule has 9 heteroatoms. The van der Waals surface area contributed by atoms with Gasteiger partial charge in [0.1, 0.15) is 18.1 Å². The van der Waals surface area contributed by atoms with Crippen LogP contribution in [0.4, 0.5) is 0 Å². The van der Waals surface area contributed by atoms with Gasteiger partial charge in [-0.3, -0.25) is 19.6 Å². The van der Waals surface area contributed by atoms with Crippen LogP contribution in [-0.2, 0) is 24.4 Å². The lowest BCUT2D eigenvalue weighted by Gasteiger charge is -2.24. The smallest absolute Gasteiger partial charge is 0.309 e. The first-order chi connectivity index (χ1) is 21.3. The maximum Gasteiger partial charge on any atom is 0.309 e. The third kappa shape index (κ3) is 7.54. The fourth-order valence-corrected chi connectivity index (χ4v) is 6.24. The summed E-state index contributed by atoms with van der Waals surface area (Å²) in [5.41, 5.74) is 10.3. The van der Waals surface area contributed by atoms with Crippen LogP contribution in [0.2, 0.25) is 0 Å². The lowest BCUT2D eigenvalue weighted by molar-refractivity contribution is -0.146. The number of primary amides is 1. The zero-order valence-electron chi connectivity index (χ0n) is 26.2. The Morgan fingerprint density at radius 1 is 0.933 bits per heavy atom. The average molecular weight is 623 g/mol. The van der Waals surface area contributed by atoms with Crippen LogP contribution < -0.4 is 10.5 Å². The van der Waals surface area contributed by atoms with Gasteiger partial charge in [0.25, 0.3) is 5.91 Å². The van der Waals surface area contributed by atoms with E-state index in [1.807, 2.05) is 42.5 Å². The Morgan fingerprint density at radius 3 is 2.27 bits per heavy atom. The number of hydrogen-bond donors (Lipinski definition) is 2. The van der Waals surface area contributed by atoms with E-state index in [1.165, 1.54) is 0 Å². The van der Waals surface area contributed by atoms with Gasteiger partial charge in [0.05, 0.1) is 11.1 Å². The number of aromatic nitrogens is 3. The minimum atomic E-state index is -0.981. The molecule has 3 heterocycles. The van der Waals surface area contributed by atoms with Gasteiger partial charge in [-0.25, -0.2) is 0 Å². The van der Waals surface area contributed by atoms with E-state index in [9.17, 15) is 14.7 Å². The van der Waals surface area contributed by atoms with Crippen LogP contribution in [0.1, 0.15) is 62.1 Å². The molecular weight excluding hydrogens is 584 g/mol. The topological polar surface area (TPSA) is 120 Å². The predicted octanol–water partition coefficient (Wildman–Crippen LogP) is 7.37. The standard InChI is InChI=1S/C36H38N4O4S/c1-35(2,3)45-32-28-18-27(44-22-26-8-6-7-17-38-26)14-16-30(28)40(31(32)19-36(4,5)34(42)43)21-23-9-11-24(12-10-23)25-13-15-29(33(37)41)39-20-25/h6-18,20H,19,21-22H2,1-5H3,(H2,37,41)(H,42,43). The number of amides is 1. The van der Waals surface area contributed by atoms with Gasteiger partial charge in [-0.15, -0.1) is 11.8 Å². The number of rotatable bonds is 11. The first-order valence-corrected chi connectivity index (χ1v) is 15.6. The molecule has 5 aromatic rings. The van der Waals surface area contributed by atoms with Crippen molar-refractivity contribution in [1.29, 1.82) is 0 Å². The van der Waals surface area contributed by atoms with E-state index in [1.54, 1.807) is 44.1 Å². The molecule has 0 saturated carbocycles. The molecule has 5 rings (SSSR count). The highest BCUT2D eigenvalue weighted by atomic mass is 32.2. The van der Waals surface area contributed by atoms with Crippen LogP contribution in [0.5, 0.6) is 5.75 Å². The molecule has 8 nitrogen and oxygen atoms in total. The van der Waals surface area contributed by atoms with Gasteiger partial charge in [0.15, 0.2) is 0 Å². The van der Waals surface area contributed by atoms with Crippen molar-refractivity contribution < 1.29 is 19.4 Å². The Morgan fingerprint density at radius 2 is 1.67 bits per heavy atom. The number of fused-ring (bicyclic) bond motifs is 1. The van der Waals surface area contributed by atoms with Crippen molar-refractivity contribution in [2.24, 2.45) is 11.1 Å². The number of carboxylic acids is 1. The Kier molecular flexibility index (Phi) is 9.02. The molecule has 0 spiro atoms. The number of carbonyl (C=O) groups excluding carboxylic acids is 1. The summed E-state index contributed by atoms with van der Waals surface area (Å²) >= 11 is 1.75. The molecule has 45 heavy (non-hydrogen) atoms. The van der Waals surface area contributed by atoms with Crippen LogP contribution in [0.25, 0.3) is 22.0 Å². The van der Waals surface area contributed by atoms with Crippen LogP contribution in [-0.4, -0.2) is 36.3 Å². The highest BCUT2D eigenvalue weighted by molar-refractivity contribution is 8.00. The lowest BCUT2D eigenvalue weighted by atomic mass is 9.88. The number of thioether (sulfide) groups is 1. The molecule has 232 valence electrons. The number of carboxylic acid groups (broad SMARTS) is 1. The molecule has 0 bridgehead atoms. The lowest BCUT2D eigenvalue weighted by Crippen LogP contribution is -2.28. The van der Waals surface area contributed by atoms with Crippen molar-refractivity contribution in [2.75, 3.05) is 0 Å². The third-order valence-electron chi connectivity index (χ3n) is 7.44. The van der Waals surface area contributed by atoms with E-state index in [0.29, 0.717) is 19.6 Å². The minimum Gasteiger partial charge on any atom is -0.487 e. The van der Waals surface area contributed by atoms with Crippen LogP contribution in [0, 0.1) is 5.41 Å². The van der Waals surface area contributed by atoms with E-state index >= 15 is 0 Å². The maximum absolute atomic E-state index is 12.3. The third-order valence-corrected chi connectivity index (χ3v) is 8.72. The van der Waals surface area contributed by atoms with Crippen LogP contribution >= 0.6 is 11.8 Å². The number of carbonyl (C=O) groups is 2. The monoisotopic (exact) mass is 622 g/mol. The molecule has 0 radical (unpaired) electrons. The fourth-order valence-electron chi connectivity index (χ4n) is 5.05. The number of nitrogens with two attached hydrogens (primary N) is 1. The maximum atomic E-state index is 12.3. The van der Waals surface area contributed by atoms with Gasteiger partial charge < -0.3 is 20.1 Å². The summed E-state index contributed by atoms with van der Waals surface area (Å²) in [5.74, 6) is -0.676. The second kappa shape index (κ2) is 12.8. The summed E-state index contributed by atoms with van der Waals surface area (Å²) in [6, 6.07) is 23.5. The first kappa shape index (κ1) is 31.8. The summed E-state index contributed by atoms with van der Waals surface area (Å²) in [6.07, 6.45) is 3.75. The summed E-state index contributed by atoms with van der Waals surface area (Å²) < 4.78 is 8.29.